The van der Waals surface area contributed by atoms with Gasteiger partial charge in [0.2, 0.25) is 0 Å². The zero-order chi connectivity index (χ0) is 33.7. The smallest absolute Gasteiger partial charge is 0.187 e. The molecule has 0 spiro atoms. The van der Waals surface area contributed by atoms with Crippen molar-refractivity contribution < 1.29 is 105 Å². The van der Waals surface area contributed by atoms with E-state index in [9.17, 15) is 71.5 Å². The molecule has 0 aromatic heterocycles. The molecule has 0 saturated carbocycles. The first-order chi connectivity index (χ1) is 21.2. The molecule has 19 atom stereocenters. The standard InChI is InChI=1S/C24H44O21/c25-1-6(30)11(31)12(32)7(2-26)42-24-21(17(37)14(34)9(4-28)43-24)45-23-19(39)20(15(35)10(5-29)41-23)44-22-18(38)16(36)13(33)8(3-27)40-22/h6-39H,1-5H2/t6-,7-,8-,9-,10-,11-,12-,13+,14-,15-,16+,17+,18-,19+,20+,21+,22+,23-,24+/m1/s1. The highest BCUT2D eigenvalue weighted by Gasteiger charge is 2.54. The van der Waals surface area contributed by atoms with Crippen molar-refractivity contribution in [2.24, 2.45) is 0 Å². The van der Waals surface area contributed by atoms with Crippen LogP contribution in [0.4, 0.5) is 0 Å². The summed E-state index contributed by atoms with van der Waals surface area (Å²) in [5.74, 6) is 0. The Morgan fingerprint density at radius 1 is 0.467 bits per heavy atom. The van der Waals surface area contributed by atoms with Gasteiger partial charge in [-0.2, -0.15) is 0 Å². The highest BCUT2D eigenvalue weighted by molar-refractivity contribution is 4.96. The van der Waals surface area contributed by atoms with Gasteiger partial charge in [-0.05, 0) is 0 Å². The van der Waals surface area contributed by atoms with E-state index in [-0.39, 0.29) is 0 Å². The lowest BCUT2D eigenvalue weighted by atomic mass is 9.96. The largest absolute Gasteiger partial charge is 0.394 e. The number of aliphatic hydroxyl groups is 15. The Bertz CT molecular complexity index is 871. The molecule has 0 amide bonds. The van der Waals surface area contributed by atoms with Crippen molar-refractivity contribution in [3.63, 3.8) is 0 Å². The van der Waals surface area contributed by atoms with Gasteiger partial charge in [0.05, 0.1) is 33.0 Å². The molecular weight excluding hydrogens is 624 g/mol. The normalized spacial score (nSPS) is 45.5. The van der Waals surface area contributed by atoms with E-state index in [1.807, 2.05) is 0 Å². The minimum absolute atomic E-state index is 0.827. The minimum Gasteiger partial charge on any atom is -0.394 e. The maximum absolute atomic E-state index is 11.1. The maximum atomic E-state index is 11.1. The maximum Gasteiger partial charge on any atom is 0.187 e. The first kappa shape index (κ1) is 38.6. The summed E-state index contributed by atoms with van der Waals surface area (Å²) in [5, 5.41) is 151. The number of hydrogen-bond acceptors (Lipinski definition) is 21. The molecule has 3 heterocycles. The Morgan fingerprint density at radius 3 is 1.44 bits per heavy atom. The number of ether oxygens (including phenoxy) is 6. The molecule has 45 heavy (non-hydrogen) atoms. The molecule has 266 valence electrons. The van der Waals surface area contributed by atoms with Gasteiger partial charge in [0, 0.05) is 0 Å². The van der Waals surface area contributed by atoms with Crippen LogP contribution in [0.5, 0.6) is 0 Å². The summed E-state index contributed by atoms with van der Waals surface area (Å²) in [6, 6.07) is 0. The number of rotatable bonds is 14. The average molecular weight is 669 g/mol. The SMILES string of the molecule is OC[C@@H](O)[C@@H](O)[C@H](O)[C@@H](CO)O[C@H]1O[C@H](CO)[C@@H](O)[C@H](O)[C@@H]1O[C@H]1O[C@H](CO)[C@@H](O)[C@H](O[C@@H]2O[C@H](CO)[C@H](O)[C@H](O)[C@H]2O)[C@@H]1O. The Morgan fingerprint density at radius 2 is 0.933 bits per heavy atom. The minimum atomic E-state index is -2.09. The molecule has 3 aliphatic heterocycles. The van der Waals surface area contributed by atoms with Crippen molar-refractivity contribution in [1.29, 1.82) is 0 Å². The fourth-order valence-corrected chi connectivity index (χ4v) is 5.09. The van der Waals surface area contributed by atoms with Gasteiger partial charge in [0.1, 0.15) is 97.7 Å². The Kier molecular flexibility index (Phi) is 14.6. The average Bonchev–Trinajstić information content (AvgIpc) is 3.04. The molecule has 21 nitrogen and oxygen atoms in total. The number of aliphatic hydroxyl groups excluding tert-OH is 15. The predicted octanol–water partition coefficient (Wildman–Crippen LogP) is -10.1. The van der Waals surface area contributed by atoms with Gasteiger partial charge in [-0.25, -0.2) is 0 Å². The highest BCUT2D eigenvalue weighted by atomic mass is 16.8. The van der Waals surface area contributed by atoms with Crippen molar-refractivity contribution in [3.05, 3.63) is 0 Å². The van der Waals surface area contributed by atoms with Crippen LogP contribution < -0.4 is 0 Å². The topological polar surface area (TPSA) is 359 Å². The van der Waals surface area contributed by atoms with Crippen LogP contribution in [0.3, 0.4) is 0 Å². The molecule has 0 radical (unpaired) electrons. The van der Waals surface area contributed by atoms with E-state index in [1.54, 1.807) is 0 Å². The van der Waals surface area contributed by atoms with Gasteiger partial charge in [0.25, 0.3) is 0 Å². The lowest BCUT2D eigenvalue weighted by molar-refractivity contribution is -0.390. The van der Waals surface area contributed by atoms with Crippen LogP contribution in [0.1, 0.15) is 0 Å². The molecule has 3 aliphatic rings. The van der Waals surface area contributed by atoms with E-state index in [2.05, 4.69) is 0 Å². The molecule has 3 rings (SSSR count). The van der Waals surface area contributed by atoms with E-state index < -0.39 is 150 Å². The van der Waals surface area contributed by atoms with Gasteiger partial charge in [-0.3, -0.25) is 0 Å². The molecule has 15 N–H and O–H groups in total. The fourth-order valence-electron chi connectivity index (χ4n) is 5.09. The van der Waals surface area contributed by atoms with Gasteiger partial charge in [0.15, 0.2) is 18.9 Å². The monoisotopic (exact) mass is 668 g/mol. The Hall–Kier alpha value is -0.840. The van der Waals surface area contributed by atoms with Crippen molar-refractivity contribution in [2.75, 3.05) is 33.0 Å². The second-order valence-electron chi connectivity index (χ2n) is 10.9. The highest BCUT2D eigenvalue weighted by Crippen LogP contribution is 2.33. The van der Waals surface area contributed by atoms with Crippen LogP contribution in [0, 0.1) is 0 Å². The third kappa shape index (κ3) is 8.43. The molecule has 3 fully saturated rings. The first-order valence-corrected chi connectivity index (χ1v) is 14.0. The fraction of sp³-hybridized carbons (Fsp3) is 1.00. The summed E-state index contributed by atoms with van der Waals surface area (Å²) in [6.45, 7) is -4.68. The van der Waals surface area contributed by atoms with Crippen molar-refractivity contribution in [2.45, 2.75) is 117 Å². The second-order valence-corrected chi connectivity index (χ2v) is 10.9. The molecule has 3 saturated heterocycles. The van der Waals surface area contributed by atoms with Crippen LogP contribution in [0.25, 0.3) is 0 Å². The van der Waals surface area contributed by atoms with E-state index in [4.69, 9.17) is 33.5 Å². The molecule has 0 aromatic rings. The van der Waals surface area contributed by atoms with Crippen molar-refractivity contribution >= 4 is 0 Å². The van der Waals surface area contributed by atoms with E-state index in [0.717, 1.165) is 0 Å². The van der Waals surface area contributed by atoms with Crippen molar-refractivity contribution in [1.82, 2.24) is 0 Å². The van der Waals surface area contributed by atoms with E-state index in [0.29, 0.717) is 0 Å². The van der Waals surface area contributed by atoms with Crippen LogP contribution >= 0.6 is 0 Å². The zero-order valence-electron chi connectivity index (χ0n) is 23.7. The lowest BCUT2D eigenvalue weighted by Crippen LogP contribution is -2.67. The molecule has 0 aliphatic carbocycles. The third-order valence-corrected chi connectivity index (χ3v) is 7.88. The van der Waals surface area contributed by atoms with Crippen LogP contribution in [-0.2, 0) is 28.4 Å². The van der Waals surface area contributed by atoms with Gasteiger partial charge < -0.3 is 105 Å². The predicted molar refractivity (Wildman–Crippen MR) is 136 cm³/mol. The molecule has 0 bridgehead atoms. The summed E-state index contributed by atoms with van der Waals surface area (Å²) in [5.41, 5.74) is 0. The van der Waals surface area contributed by atoms with Crippen LogP contribution in [-0.4, -0.2) is 226 Å². The Labute approximate surface area is 255 Å². The quantitative estimate of drug-likeness (QED) is 0.0816. The van der Waals surface area contributed by atoms with Crippen molar-refractivity contribution in [3.8, 4) is 0 Å². The van der Waals surface area contributed by atoms with E-state index in [1.165, 1.54) is 0 Å². The summed E-state index contributed by atoms with van der Waals surface area (Å²) >= 11 is 0. The molecule has 0 unspecified atom stereocenters. The Balaban J connectivity index is 1.86. The molecule has 0 aromatic carbocycles. The zero-order valence-corrected chi connectivity index (χ0v) is 23.7. The van der Waals surface area contributed by atoms with Crippen LogP contribution in [0.15, 0.2) is 0 Å². The summed E-state index contributed by atoms with van der Waals surface area (Å²) in [6.07, 6.45) is -35.4. The number of hydrogen-bond donors (Lipinski definition) is 15. The lowest BCUT2D eigenvalue weighted by Gasteiger charge is -2.48. The van der Waals surface area contributed by atoms with E-state index >= 15 is 0 Å². The second kappa shape index (κ2) is 17.0. The summed E-state index contributed by atoms with van der Waals surface area (Å²) in [7, 11) is 0. The summed E-state index contributed by atoms with van der Waals surface area (Å²) < 4.78 is 32.6. The third-order valence-electron chi connectivity index (χ3n) is 7.88. The van der Waals surface area contributed by atoms with Crippen LogP contribution in [0.2, 0.25) is 0 Å². The van der Waals surface area contributed by atoms with Gasteiger partial charge >= 0.3 is 0 Å². The van der Waals surface area contributed by atoms with Gasteiger partial charge in [-0.15, -0.1) is 0 Å². The first-order valence-electron chi connectivity index (χ1n) is 14.0. The van der Waals surface area contributed by atoms with Gasteiger partial charge in [-0.1, -0.05) is 0 Å². The summed E-state index contributed by atoms with van der Waals surface area (Å²) in [4.78, 5) is 0. The molecule has 21 heteroatoms. The molecular formula is C24H44O21.